The Morgan fingerprint density at radius 2 is 0.815 bits per heavy atom. The van der Waals surface area contributed by atoms with Crippen molar-refractivity contribution in [2.45, 2.75) is 251 Å². The lowest BCUT2D eigenvalue weighted by Gasteiger charge is -2.20. The number of carbonyl (C=O) groups excluding carboxylic acids is 1. The van der Waals surface area contributed by atoms with Crippen LogP contribution in [0.1, 0.15) is 245 Å². The summed E-state index contributed by atoms with van der Waals surface area (Å²) in [4.78, 5) is 22.5. The van der Waals surface area contributed by atoms with Gasteiger partial charge in [0, 0.05) is 19.6 Å². The third kappa shape index (κ3) is 42.6. The maximum atomic E-state index is 12.6. The predicted octanol–water partition coefficient (Wildman–Crippen LogP) is 14.1. The number of unbranched alkanes of at least 4 members (excludes halogenated alkanes) is 33. The number of esters is 1. The number of carbonyl (C=O) groups is 1. The van der Waals surface area contributed by atoms with Gasteiger partial charge in [0.05, 0.1) is 19.8 Å². The fourth-order valence-electron chi connectivity index (χ4n) is 7.06. The normalized spacial score (nSPS) is 13.3. The van der Waals surface area contributed by atoms with Crippen LogP contribution in [0.15, 0.2) is 0 Å². The van der Waals surface area contributed by atoms with E-state index in [9.17, 15) is 14.3 Å². The van der Waals surface area contributed by atoms with E-state index in [1.165, 1.54) is 193 Å². The molecule has 324 valence electrons. The summed E-state index contributed by atoms with van der Waals surface area (Å²) in [6.07, 6.45) is 45.7. The lowest BCUT2D eigenvalue weighted by atomic mass is 10.0. The molecule has 0 heterocycles. The second-order valence-corrected chi connectivity index (χ2v) is 17.4. The third-order valence-corrected chi connectivity index (χ3v) is 11.5. The van der Waals surface area contributed by atoms with Crippen molar-refractivity contribution in [1.29, 1.82) is 0 Å². The summed E-state index contributed by atoms with van der Waals surface area (Å²) in [5.74, 6) is -0.323. The number of nitrogens with two attached hydrogens (primary N) is 1. The molecule has 0 aromatic rings. The summed E-state index contributed by atoms with van der Waals surface area (Å²) in [7, 11) is -4.27. The zero-order chi connectivity index (χ0) is 39.5. The Morgan fingerprint density at radius 3 is 1.17 bits per heavy atom. The van der Waals surface area contributed by atoms with Gasteiger partial charge in [-0.2, -0.15) is 0 Å². The molecule has 2 unspecified atom stereocenters. The van der Waals surface area contributed by atoms with E-state index in [0.717, 1.165) is 32.1 Å². The molecular formula is C45H92NO7P. The van der Waals surface area contributed by atoms with Crippen LogP contribution >= 0.6 is 7.82 Å². The van der Waals surface area contributed by atoms with Crippen LogP contribution in [-0.2, 0) is 27.9 Å². The van der Waals surface area contributed by atoms with E-state index in [-0.39, 0.29) is 32.3 Å². The van der Waals surface area contributed by atoms with Crippen LogP contribution in [0.3, 0.4) is 0 Å². The topological polar surface area (TPSA) is 117 Å². The molecule has 0 spiro atoms. The van der Waals surface area contributed by atoms with Crippen LogP contribution in [0.5, 0.6) is 0 Å². The van der Waals surface area contributed by atoms with Crippen LogP contribution < -0.4 is 5.73 Å². The summed E-state index contributed by atoms with van der Waals surface area (Å²) < 4.78 is 33.4. The van der Waals surface area contributed by atoms with Gasteiger partial charge in [-0.1, -0.05) is 226 Å². The van der Waals surface area contributed by atoms with Crippen LogP contribution in [0, 0.1) is 0 Å². The molecule has 54 heavy (non-hydrogen) atoms. The van der Waals surface area contributed by atoms with Gasteiger partial charge in [0.25, 0.3) is 0 Å². The average molecular weight is 790 g/mol. The molecule has 0 rings (SSSR count). The van der Waals surface area contributed by atoms with E-state index in [2.05, 4.69) is 13.8 Å². The molecule has 0 radical (unpaired) electrons. The predicted molar refractivity (Wildman–Crippen MR) is 229 cm³/mol. The minimum absolute atomic E-state index is 0.0902. The van der Waals surface area contributed by atoms with Gasteiger partial charge in [0.2, 0.25) is 0 Å². The number of hydrogen-bond acceptors (Lipinski definition) is 7. The van der Waals surface area contributed by atoms with Gasteiger partial charge in [-0.05, 0) is 12.8 Å². The fourth-order valence-corrected chi connectivity index (χ4v) is 7.82. The molecule has 0 saturated carbocycles. The Balaban J connectivity index is 3.80. The molecule has 0 saturated heterocycles. The van der Waals surface area contributed by atoms with E-state index < -0.39 is 13.9 Å². The van der Waals surface area contributed by atoms with Crippen molar-refractivity contribution in [3.05, 3.63) is 0 Å². The Morgan fingerprint density at radius 1 is 0.481 bits per heavy atom. The molecule has 0 aliphatic carbocycles. The van der Waals surface area contributed by atoms with Crippen molar-refractivity contribution in [2.24, 2.45) is 5.73 Å². The van der Waals surface area contributed by atoms with Gasteiger partial charge in [-0.15, -0.1) is 0 Å². The number of hydrogen-bond donors (Lipinski definition) is 2. The van der Waals surface area contributed by atoms with Crippen LogP contribution in [0.2, 0.25) is 0 Å². The van der Waals surface area contributed by atoms with Crippen LogP contribution in [0.4, 0.5) is 0 Å². The van der Waals surface area contributed by atoms with Crippen molar-refractivity contribution in [3.8, 4) is 0 Å². The minimum atomic E-state index is -4.27. The molecule has 0 aromatic heterocycles. The molecule has 0 aromatic carbocycles. The summed E-state index contributed by atoms with van der Waals surface area (Å²) in [6, 6.07) is 0. The number of rotatable bonds is 46. The average Bonchev–Trinajstić information content (AvgIpc) is 3.16. The van der Waals surface area contributed by atoms with Crippen LogP contribution in [0.25, 0.3) is 0 Å². The standard InChI is InChI=1S/C45H92NO7P/c1-3-5-7-9-11-13-15-16-17-18-19-20-21-22-23-24-25-26-27-28-29-30-32-34-36-38-45(47)53-44(43-52-54(48,49)51-41-39-46)42-50-40-37-35-33-31-14-12-10-8-6-4-2/h44H,3-43,46H2,1-2H3,(H,48,49). The van der Waals surface area contributed by atoms with Crippen molar-refractivity contribution in [1.82, 2.24) is 0 Å². The molecule has 2 atom stereocenters. The van der Waals surface area contributed by atoms with E-state index in [0.29, 0.717) is 13.0 Å². The number of ether oxygens (including phenoxy) is 2. The zero-order valence-corrected chi connectivity index (χ0v) is 36.9. The Kier molecular flexibility index (Phi) is 43.2. The maximum Gasteiger partial charge on any atom is 0.472 e. The Bertz CT molecular complexity index is 802. The molecule has 0 aliphatic heterocycles. The molecule has 0 amide bonds. The smallest absolute Gasteiger partial charge is 0.457 e. The van der Waals surface area contributed by atoms with E-state index >= 15 is 0 Å². The van der Waals surface area contributed by atoms with E-state index in [4.69, 9.17) is 24.3 Å². The molecule has 8 nitrogen and oxygen atoms in total. The summed E-state index contributed by atoms with van der Waals surface area (Å²) in [5, 5.41) is 0. The molecule has 0 fully saturated rings. The maximum absolute atomic E-state index is 12.6. The van der Waals surface area contributed by atoms with Gasteiger partial charge in [0.1, 0.15) is 6.10 Å². The first kappa shape index (κ1) is 53.5. The molecule has 9 heteroatoms. The largest absolute Gasteiger partial charge is 0.472 e. The summed E-state index contributed by atoms with van der Waals surface area (Å²) in [5.41, 5.74) is 5.37. The first-order chi connectivity index (χ1) is 26.4. The third-order valence-electron chi connectivity index (χ3n) is 10.5. The lowest BCUT2D eigenvalue weighted by Crippen LogP contribution is -2.28. The van der Waals surface area contributed by atoms with Crippen molar-refractivity contribution >= 4 is 13.8 Å². The van der Waals surface area contributed by atoms with Gasteiger partial charge in [-0.3, -0.25) is 13.8 Å². The second kappa shape index (κ2) is 43.6. The SMILES string of the molecule is CCCCCCCCCCCCCCCCCCCCCCCCCCCC(=O)OC(COCCCCCCCCCCCC)COP(=O)(O)OCCN. The minimum Gasteiger partial charge on any atom is -0.457 e. The molecule has 0 bridgehead atoms. The lowest BCUT2D eigenvalue weighted by molar-refractivity contribution is -0.154. The second-order valence-electron chi connectivity index (χ2n) is 16.0. The first-order valence-electron chi connectivity index (χ1n) is 23.5. The number of phosphoric acid groups is 1. The number of phosphoric ester groups is 1. The highest BCUT2D eigenvalue weighted by molar-refractivity contribution is 7.47. The van der Waals surface area contributed by atoms with Crippen molar-refractivity contribution in [2.75, 3.05) is 33.0 Å². The van der Waals surface area contributed by atoms with E-state index in [1.54, 1.807) is 0 Å². The highest BCUT2D eigenvalue weighted by Crippen LogP contribution is 2.43. The molecular weight excluding hydrogens is 697 g/mol. The first-order valence-corrected chi connectivity index (χ1v) is 25.0. The molecule has 0 aliphatic rings. The zero-order valence-electron chi connectivity index (χ0n) is 36.0. The highest BCUT2D eigenvalue weighted by Gasteiger charge is 2.25. The van der Waals surface area contributed by atoms with Gasteiger partial charge in [0.15, 0.2) is 0 Å². The Labute approximate surface area is 335 Å². The fraction of sp³-hybridized carbons (Fsp3) is 0.978. The van der Waals surface area contributed by atoms with Gasteiger partial charge >= 0.3 is 13.8 Å². The van der Waals surface area contributed by atoms with Crippen LogP contribution in [-0.4, -0.2) is 49.9 Å². The van der Waals surface area contributed by atoms with Gasteiger partial charge < -0.3 is 20.1 Å². The Hall–Kier alpha value is -0.500. The van der Waals surface area contributed by atoms with Gasteiger partial charge in [-0.25, -0.2) is 4.57 Å². The highest BCUT2D eigenvalue weighted by atomic mass is 31.2. The van der Waals surface area contributed by atoms with E-state index in [1.807, 2.05) is 0 Å². The van der Waals surface area contributed by atoms with Crippen molar-refractivity contribution < 1.29 is 32.8 Å². The molecule has 3 N–H and O–H groups in total. The summed E-state index contributed by atoms with van der Waals surface area (Å²) in [6.45, 7) is 4.97. The summed E-state index contributed by atoms with van der Waals surface area (Å²) >= 11 is 0. The quantitative estimate of drug-likeness (QED) is 0.0356. The monoisotopic (exact) mass is 790 g/mol. The van der Waals surface area contributed by atoms with Crippen molar-refractivity contribution in [3.63, 3.8) is 0 Å².